The maximum absolute atomic E-state index is 12.8. The summed E-state index contributed by atoms with van der Waals surface area (Å²) in [6, 6.07) is 0. The normalized spacial score (nSPS) is 21.8. The van der Waals surface area contributed by atoms with Gasteiger partial charge in [0.15, 0.2) is 0 Å². The van der Waals surface area contributed by atoms with Crippen molar-refractivity contribution in [2.75, 3.05) is 18.0 Å². The Kier molecular flexibility index (Phi) is 2.15. The third kappa shape index (κ3) is 1.93. The molecule has 1 aliphatic heterocycles. The summed E-state index contributed by atoms with van der Waals surface area (Å²) in [6.07, 6.45) is -0.154. The lowest BCUT2D eigenvalue weighted by molar-refractivity contribution is -0.0220. The van der Waals surface area contributed by atoms with E-state index >= 15 is 0 Å². The van der Waals surface area contributed by atoms with E-state index in [0.29, 0.717) is 13.1 Å². The molecule has 13 heavy (non-hydrogen) atoms. The molecule has 0 bridgehead atoms. The molecule has 1 aromatic heterocycles. The van der Waals surface area contributed by atoms with Gasteiger partial charge in [0.2, 0.25) is 5.13 Å². The van der Waals surface area contributed by atoms with Gasteiger partial charge in [-0.15, -0.1) is 10.2 Å². The molecule has 3 nitrogen and oxygen atoms in total. The van der Waals surface area contributed by atoms with E-state index in [2.05, 4.69) is 10.2 Å². The summed E-state index contributed by atoms with van der Waals surface area (Å²) < 4.78 is 25.5. The Bertz CT molecular complexity index is 265. The second-order valence-electron chi connectivity index (χ2n) is 3.06. The molecule has 0 unspecified atom stereocenters. The van der Waals surface area contributed by atoms with Crippen molar-refractivity contribution in [3.8, 4) is 0 Å². The molecule has 0 radical (unpaired) electrons. The molecule has 1 aromatic rings. The molecular formula is C7H9F2N3S. The highest BCUT2D eigenvalue weighted by molar-refractivity contribution is 7.13. The quantitative estimate of drug-likeness (QED) is 0.699. The second-order valence-corrected chi connectivity index (χ2v) is 3.88. The zero-order chi connectivity index (χ0) is 9.31. The minimum Gasteiger partial charge on any atom is -0.346 e. The molecule has 6 heteroatoms. The molecule has 0 atom stereocenters. The fraction of sp³-hybridized carbons (Fsp3) is 0.714. The Labute approximate surface area is 78.4 Å². The average Bonchev–Trinajstić information content (AvgIpc) is 2.56. The van der Waals surface area contributed by atoms with E-state index in [4.69, 9.17) is 0 Å². The lowest BCUT2D eigenvalue weighted by Crippen LogP contribution is -2.39. The first-order valence-electron chi connectivity index (χ1n) is 4.06. The van der Waals surface area contributed by atoms with Crippen LogP contribution in [0.5, 0.6) is 0 Å². The molecular weight excluding hydrogens is 196 g/mol. The maximum atomic E-state index is 12.8. The van der Waals surface area contributed by atoms with Gasteiger partial charge in [0.25, 0.3) is 5.92 Å². The van der Waals surface area contributed by atoms with Gasteiger partial charge < -0.3 is 4.90 Å². The Balaban J connectivity index is 1.99. The summed E-state index contributed by atoms with van der Waals surface area (Å²) in [6.45, 7) is 0.754. The number of halogens is 2. The number of nitrogens with zero attached hydrogens (tertiary/aromatic N) is 3. The number of aromatic nitrogens is 2. The highest BCUT2D eigenvalue weighted by Crippen LogP contribution is 2.30. The van der Waals surface area contributed by atoms with Gasteiger partial charge in [0.1, 0.15) is 5.51 Å². The van der Waals surface area contributed by atoms with Crippen molar-refractivity contribution < 1.29 is 8.78 Å². The molecule has 72 valence electrons. The van der Waals surface area contributed by atoms with Gasteiger partial charge in [0.05, 0.1) is 0 Å². The molecule has 0 spiro atoms. The first kappa shape index (κ1) is 8.80. The van der Waals surface area contributed by atoms with Crippen LogP contribution in [-0.4, -0.2) is 29.2 Å². The molecule has 0 N–H and O–H groups in total. The van der Waals surface area contributed by atoms with Gasteiger partial charge in [-0.1, -0.05) is 11.3 Å². The summed E-state index contributed by atoms with van der Waals surface area (Å²) in [5.74, 6) is -2.48. The largest absolute Gasteiger partial charge is 0.346 e. The Hall–Kier alpha value is -0.780. The van der Waals surface area contributed by atoms with E-state index in [9.17, 15) is 8.78 Å². The summed E-state index contributed by atoms with van der Waals surface area (Å²) in [5, 5.41) is 8.26. The summed E-state index contributed by atoms with van der Waals surface area (Å²) in [4.78, 5) is 1.86. The molecule has 2 heterocycles. The lowest BCUT2D eigenvalue weighted by atomic mass is 10.1. The fourth-order valence-corrected chi connectivity index (χ4v) is 1.94. The zero-order valence-electron chi connectivity index (χ0n) is 6.91. The first-order chi connectivity index (χ1) is 6.17. The number of alkyl halides is 2. The third-order valence-electron chi connectivity index (χ3n) is 2.11. The molecule has 1 fully saturated rings. The molecule has 0 saturated carbocycles. The highest BCUT2D eigenvalue weighted by atomic mass is 32.1. The van der Waals surface area contributed by atoms with Crippen molar-refractivity contribution in [1.82, 2.24) is 10.2 Å². The van der Waals surface area contributed by atoms with Crippen LogP contribution in [0.25, 0.3) is 0 Å². The number of anilines is 1. The molecule has 0 amide bonds. The van der Waals surface area contributed by atoms with Crippen LogP contribution in [0, 0.1) is 0 Å². The first-order valence-corrected chi connectivity index (χ1v) is 4.94. The van der Waals surface area contributed by atoms with Gasteiger partial charge in [-0.3, -0.25) is 0 Å². The maximum Gasteiger partial charge on any atom is 0.251 e. The second kappa shape index (κ2) is 3.17. The van der Waals surface area contributed by atoms with E-state index in [0.717, 1.165) is 5.13 Å². The Morgan fingerprint density at radius 1 is 1.38 bits per heavy atom. The van der Waals surface area contributed by atoms with Gasteiger partial charge in [0, 0.05) is 25.9 Å². The lowest BCUT2D eigenvalue weighted by Gasteiger charge is -2.30. The SMILES string of the molecule is FC1(F)CCN(c2nncs2)CC1. The van der Waals surface area contributed by atoms with Gasteiger partial charge in [-0.2, -0.15) is 0 Å². The molecule has 1 saturated heterocycles. The van der Waals surface area contributed by atoms with Crippen LogP contribution in [0.3, 0.4) is 0 Å². The minimum absolute atomic E-state index is 0.0768. The predicted molar refractivity (Wildman–Crippen MR) is 46.3 cm³/mol. The number of rotatable bonds is 1. The number of hydrogen-bond acceptors (Lipinski definition) is 4. The third-order valence-corrected chi connectivity index (χ3v) is 2.86. The van der Waals surface area contributed by atoms with E-state index in [1.54, 1.807) is 5.51 Å². The van der Waals surface area contributed by atoms with Crippen LogP contribution in [0.15, 0.2) is 5.51 Å². The predicted octanol–water partition coefficient (Wildman–Crippen LogP) is 1.77. The van der Waals surface area contributed by atoms with Crippen LogP contribution >= 0.6 is 11.3 Å². The fourth-order valence-electron chi connectivity index (χ4n) is 1.33. The smallest absolute Gasteiger partial charge is 0.251 e. The molecule has 2 rings (SSSR count). The zero-order valence-corrected chi connectivity index (χ0v) is 7.73. The van der Waals surface area contributed by atoms with Crippen LogP contribution in [0.4, 0.5) is 13.9 Å². The topological polar surface area (TPSA) is 29.0 Å². The highest BCUT2D eigenvalue weighted by Gasteiger charge is 2.34. The summed E-state index contributed by atoms with van der Waals surface area (Å²) >= 11 is 1.39. The van der Waals surface area contributed by atoms with E-state index in [-0.39, 0.29) is 12.8 Å². The standard InChI is InChI=1S/C7H9F2N3S/c8-7(9)1-3-12(4-2-7)6-11-10-5-13-6/h5H,1-4H2. The van der Waals surface area contributed by atoms with Crippen LogP contribution in [0.2, 0.25) is 0 Å². The van der Waals surface area contributed by atoms with Crippen molar-refractivity contribution in [1.29, 1.82) is 0 Å². The summed E-state index contributed by atoms with van der Waals surface area (Å²) in [5.41, 5.74) is 1.61. The van der Waals surface area contributed by atoms with Crippen LogP contribution < -0.4 is 4.90 Å². The van der Waals surface area contributed by atoms with Crippen LogP contribution in [-0.2, 0) is 0 Å². The van der Waals surface area contributed by atoms with E-state index < -0.39 is 5.92 Å². The molecule has 1 aliphatic rings. The van der Waals surface area contributed by atoms with E-state index in [1.807, 2.05) is 4.90 Å². The molecule has 0 aliphatic carbocycles. The summed E-state index contributed by atoms with van der Waals surface area (Å²) in [7, 11) is 0. The van der Waals surface area contributed by atoms with Crippen molar-refractivity contribution in [3.05, 3.63) is 5.51 Å². The van der Waals surface area contributed by atoms with Crippen molar-refractivity contribution in [2.24, 2.45) is 0 Å². The van der Waals surface area contributed by atoms with Crippen LogP contribution in [0.1, 0.15) is 12.8 Å². The Morgan fingerprint density at radius 2 is 2.08 bits per heavy atom. The Morgan fingerprint density at radius 3 is 2.62 bits per heavy atom. The van der Waals surface area contributed by atoms with Crippen molar-refractivity contribution in [3.63, 3.8) is 0 Å². The molecule has 0 aromatic carbocycles. The number of piperidine rings is 1. The monoisotopic (exact) mass is 205 g/mol. The van der Waals surface area contributed by atoms with Gasteiger partial charge >= 0.3 is 0 Å². The van der Waals surface area contributed by atoms with E-state index in [1.165, 1.54) is 11.3 Å². The minimum atomic E-state index is -2.48. The van der Waals surface area contributed by atoms with Crippen molar-refractivity contribution >= 4 is 16.5 Å². The van der Waals surface area contributed by atoms with Gasteiger partial charge in [-0.05, 0) is 0 Å². The van der Waals surface area contributed by atoms with Crippen molar-refractivity contribution in [2.45, 2.75) is 18.8 Å². The number of hydrogen-bond donors (Lipinski definition) is 0. The van der Waals surface area contributed by atoms with Gasteiger partial charge in [-0.25, -0.2) is 8.78 Å². The average molecular weight is 205 g/mol.